The Labute approximate surface area is 119 Å². The lowest BCUT2D eigenvalue weighted by Gasteiger charge is -2.18. The zero-order chi connectivity index (χ0) is 13.0. The fraction of sp³-hybridized carbons (Fsp3) is 0.500. The lowest BCUT2D eigenvalue weighted by molar-refractivity contribution is 0.590. The second-order valence-electron chi connectivity index (χ2n) is 5.52. The van der Waals surface area contributed by atoms with E-state index in [2.05, 4.69) is 56.9 Å². The highest BCUT2D eigenvalue weighted by atomic mass is 32.2. The van der Waals surface area contributed by atoms with Crippen molar-refractivity contribution < 1.29 is 0 Å². The van der Waals surface area contributed by atoms with Crippen LogP contribution in [0, 0.1) is 11.8 Å². The van der Waals surface area contributed by atoms with E-state index < -0.39 is 0 Å². The number of benzene rings is 1. The van der Waals surface area contributed by atoms with E-state index in [0.717, 1.165) is 5.56 Å². The van der Waals surface area contributed by atoms with Crippen LogP contribution in [0.5, 0.6) is 0 Å². The van der Waals surface area contributed by atoms with Crippen LogP contribution in [-0.2, 0) is 5.41 Å². The molecule has 1 aliphatic rings. The third-order valence-corrected chi connectivity index (χ3v) is 5.62. The molecule has 0 amide bonds. The molecule has 0 atom stereocenters. The smallest absolute Gasteiger partial charge is 0.111 e. The van der Waals surface area contributed by atoms with Crippen molar-refractivity contribution >= 4 is 23.5 Å². The number of thioether (sulfide) groups is 2. The summed E-state index contributed by atoms with van der Waals surface area (Å²) in [6, 6.07) is 8.69. The summed E-state index contributed by atoms with van der Waals surface area (Å²) in [5.74, 6) is 9.19. The van der Waals surface area contributed by atoms with Crippen LogP contribution in [0.2, 0.25) is 0 Å². The van der Waals surface area contributed by atoms with Gasteiger partial charge in [-0.25, -0.2) is 0 Å². The van der Waals surface area contributed by atoms with Crippen LogP contribution in [0.25, 0.3) is 0 Å². The summed E-state index contributed by atoms with van der Waals surface area (Å²) in [6.45, 7) is 6.72. The maximum Gasteiger partial charge on any atom is 0.111 e. The van der Waals surface area contributed by atoms with Crippen LogP contribution in [-0.4, -0.2) is 16.1 Å². The highest BCUT2D eigenvalue weighted by molar-refractivity contribution is 8.17. The molecule has 0 bridgehead atoms. The molecule has 1 heterocycles. The van der Waals surface area contributed by atoms with Gasteiger partial charge in [0.05, 0.1) is 0 Å². The normalized spacial score (nSPS) is 17.1. The largest absolute Gasteiger partial charge is 0.135 e. The Morgan fingerprint density at radius 3 is 2.22 bits per heavy atom. The van der Waals surface area contributed by atoms with E-state index in [9.17, 15) is 0 Å². The molecule has 1 aromatic rings. The first kappa shape index (κ1) is 13.9. The average Bonchev–Trinajstić information content (AvgIpc) is 2.37. The van der Waals surface area contributed by atoms with Crippen molar-refractivity contribution in [3.8, 4) is 11.8 Å². The van der Waals surface area contributed by atoms with Gasteiger partial charge in [0.25, 0.3) is 0 Å². The van der Waals surface area contributed by atoms with Gasteiger partial charge in [0, 0.05) is 5.56 Å². The van der Waals surface area contributed by atoms with Crippen LogP contribution < -0.4 is 0 Å². The van der Waals surface area contributed by atoms with Gasteiger partial charge in [-0.2, -0.15) is 0 Å². The van der Waals surface area contributed by atoms with E-state index in [1.165, 1.54) is 23.5 Å². The average molecular weight is 276 g/mol. The first-order valence-corrected chi connectivity index (χ1v) is 8.51. The Balaban J connectivity index is 2.04. The van der Waals surface area contributed by atoms with E-state index in [0.29, 0.717) is 4.58 Å². The van der Waals surface area contributed by atoms with Crippen LogP contribution >= 0.6 is 23.5 Å². The van der Waals surface area contributed by atoms with Crippen molar-refractivity contribution in [1.82, 2.24) is 0 Å². The lowest BCUT2D eigenvalue weighted by atomic mass is 9.87. The van der Waals surface area contributed by atoms with E-state index >= 15 is 0 Å². The first-order chi connectivity index (χ1) is 8.55. The molecule has 1 aromatic carbocycles. The quantitative estimate of drug-likeness (QED) is 0.638. The summed E-state index contributed by atoms with van der Waals surface area (Å²) in [6.07, 6.45) is 1.33. The fourth-order valence-electron chi connectivity index (χ4n) is 1.77. The standard InChI is InChI=1S/C16H20S2/c1-16(2,3)14-8-5-13(6-9-14)7-10-15-17-11-4-12-18-15/h5-6,8-9,15H,4,11-12H2,1-3H3. The van der Waals surface area contributed by atoms with Crippen molar-refractivity contribution in [3.63, 3.8) is 0 Å². The van der Waals surface area contributed by atoms with Gasteiger partial charge in [0.15, 0.2) is 0 Å². The molecule has 1 fully saturated rings. The molecule has 0 radical (unpaired) electrons. The van der Waals surface area contributed by atoms with Crippen LogP contribution in [0.15, 0.2) is 24.3 Å². The molecular formula is C16H20S2. The van der Waals surface area contributed by atoms with Gasteiger partial charge in [0.1, 0.15) is 4.58 Å². The molecule has 0 nitrogen and oxygen atoms in total. The monoisotopic (exact) mass is 276 g/mol. The fourth-order valence-corrected chi connectivity index (χ4v) is 4.25. The zero-order valence-corrected chi connectivity index (χ0v) is 13.0. The first-order valence-electron chi connectivity index (χ1n) is 6.41. The lowest BCUT2D eigenvalue weighted by Crippen LogP contribution is -2.10. The molecule has 0 unspecified atom stereocenters. The predicted octanol–water partition coefficient (Wildman–Crippen LogP) is 4.53. The number of rotatable bonds is 0. The molecule has 2 heteroatoms. The Bertz CT molecular complexity index is 437. The van der Waals surface area contributed by atoms with Crippen molar-refractivity contribution in [2.75, 3.05) is 11.5 Å². The molecule has 96 valence electrons. The summed E-state index contributed by atoms with van der Waals surface area (Å²) in [4.78, 5) is 0. The third-order valence-electron chi connectivity index (χ3n) is 2.91. The van der Waals surface area contributed by atoms with E-state index in [1.54, 1.807) is 0 Å². The third kappa shape index (κ3) is 4.00. The van der Waals surface area contributed by atoms with Crippen LogP contribution in [0.4, 0.5) is 0 Å². The molecular weight excluding hydrogens is 256 g/mol. The zero-order valence-electron chi connectivity index (χ0n) is 11.3. The van der Waals surface area contributed by atoms with Gasteiger partial charge >= 0.3 is 0 Å². The molecule has 2 rings (SSSR count). The molecule has 1 aliphatic heterocycles. The van der Waals surface area contributed by atoms with Crippen molar-refractivity contribution in [3.05, 3.63) is 35.4 Å². The van der Waals surface area contributed by atoms with Gasteiger partial charge < -0.3 is 0 Å². The summed E-state index contributed by atoms with van der Waals surface area (Å²) in [7, 11) is 0. The maximum atomic E-state index is 3.37. The minimum Gasteiger partial charge on any atom is -0.135 e. The molecule has 0 spiro atoms. The number of hydrogen-bond donors (Lipinski definition) is 0. The van der Waals surface area contributed by atoms with Crippen molar-refractivity contribution in [1.29, 1.82) is 0 Å². The summed E-state index contributed by atoms with van der Waals surface area (Å²) >= 11 is 3.96. The Morgan fingerprint density at radius 2 is 1.67 bits per heavy atom. The van der Waals surface area contributed by atoms with E-state index in [-0.39, 0.29) is 5.41 Å². The van der Waals surface area contributed by atoms with Gasteiger partial charge in [-0.05, 0) is 41.0 Å². The van der Waals surface area contributed by atoms with Crippen molar-refractivity contribution in [2.45, 2.75) is 37.2 Å². The summed E-state index contributed by atoms with van der Waals surface area (Å²) in [5, 5.41) is 0. The molecule has 0 aliphatic carbocycles. The number of hydrogen-bond acceptors (Lipinski definition) is 2. The summed E-state index contributed by atoms with van der Waals surface area (Å²) < 4.78 is 0.473. The molecule has 0 N–H and O–H groups in total. The second kappa shape index (κ2) is 6.08. The van der Waals surface area contributed by atoms with Crippen LogP contribution in [0.1, 0.15) is 38.3 Å². The molecule has 1 saturated heterocycles. The highest BCUT2D eigenvalue weighted by Crippen LogP contribution is 2.29. The van der Waals surface area contributed by atoms with Gasteiger partial charge in [-0.15, -0.1) is 23.5 Å². The molecule has 0 saturated carbocycles. The van der Waals surface area contributed by atoms with E-state index in [4.69, 9.17) is 0 Å². The van der Waals surface area contributed by atoms with E-state index in [1.807, 2.05) is 23.5 Å². The SMILES string of the molecule is CC(C)(C)c1ccc(C#CC2SCCCS2)cc1. The minimum absolute atomic E-state index is 0.223. The minimum atomic E-state index is 0.223. The molecule has 0 aromatic heterocycles. The van der Waals surface area contributed by atoms with Gasteiger partial charge in [-0.1, -0.05) is 44.7 Å². The predicted molar refractivity (Wildman–Crippen MR) is 85.3 cm³/mol. The Kier molecular flexibility index (Phi) is 4.70. The van der Waals surface area contributed by atoms with Gasteiger partial charge in [0.2, 0.25) is 0 Å². The maximum absolute atomic E-state index is 3.37. The molecule has 18 heavy (non-hydrogen) atoms. The van der Waals surface area contributed by atoms with Crippen molar-refractivity contribution in [2.24, 2.45) is 0 Å². The second-order valence-corrected chi connectivity index (χ2v) is 8.25. The van der Waals surface area contributed by atoms with Gasteiger partial charge in [-0.3, -0.25) is 0 Å². The van der Waals surface area contributed by atoms with Crippen LogP contribution in [0.3, 0.4) is 0 Å². The highest BCUT2D eigenvalue weighted by Gasteiger charge is 2.13. The summed E-state index contributed by atoms with van der Waals surface area (Å²) in [5.41, 5.74) is 2.73. The Morgan fingerprint density at radius 1 is 1.06 bits per heavy atom. The topological polar surface area (TPSA) is 0 Å². The Hall–Kier alpha value is -0.520.